The normalized spacial score (nSPS) is 18.8. The van der Waals surface area contributed by atoms with Crippen LogP contribution in [-0.2, 0) is 25.4 Å². The molecule has 1 fully saturated rings. The Morgan fingerprint density at radius 1 is 0.952 bits per heavy atom. The quantitative estimate of drug-likeness (QED) is 0.706. The highest BCUT2D eigenvalue weighted by molar-refractivity contribution is 9.08. The summed E-state index contributed by atoms with van der Waals surface area (Å²) in [6.07, 6.45) is 1.14. The standard InChI is InChI=1S/C12H17BrN2O4S2/c1-20(16,17)14-6-8-15(9-7-14)21(18,19)12-4-2-11(10-13)3-5-12/h2-5H,6-10H2,1H3. The lowest BCUT2D eigenvalue weighted by Crippen LogP contribution is -2.50. The van der Waals surface area contributed by atoms with Gasteiger partial charge < -0.3 is 0 Å². The first-order valence-electron chi connectivity index (χ1n) is 6.35. The molecule has 0 unspecified atom stereocenters. The number of alkyl halides is 1. The molecule has 2 rings (SSSR count). The van der Waals surface area contributed by atoms with Crippen molar-refractivity contribution in [3.05, 3.63) is 29.8 Å². The van der Waals surface area contributed by atoms with Crippen LogP contribution in [0.2, 0.25) is 0 Å². The summed E-state index contributed by atoms with van der Waals surface area (Å²) in [5, 5.41) is 0.667. The molecule has 0 bridgehead atoms. The van der Waals surface area contributed by atoms with Crippen LogP contribution in [0.1, 0.15) is 5.56 Å². The van der Waals surface area contributed by atoms with E-state index in [1.165, 1.54) is 8.61 Å². The minimum absolute atomic E-state index is 0.176. The molecule has 0 atom stereocenters. The second-order valence-electron chi connectivity index (χ2n) is 4.84. The molecule has 1 heterocycles. The predicted molar refractivity (Wildman–Crippen MR) is 84.2 cm³/mol. The first-order valence-corrected chi connectivity index (χ1v) is 10.8. The smallest absolute Gasteiger partial charge is 0.213 e. The fraction of sp³-hybridized carbons (Fsp3) is 0.500. The molecule has 0 saturated carbocycles. The van der Waals surface area contributed by atoms with E-state index in [2.05, 4.69) is 15.9 Å². The summed E-state index contributed by atoms with van der Waals surface area (Å²) in [5.74, 6) is 0. The minimum Gasteiger partial charge on any atom is -0.213 e. The fourth-order valence-corrected chi connectivity index (χ4v) is 4.76. The molecule has 1 saturated heterocycles. The van der Waals surface area contributed by atoms with E-state index >= 15 is 0 Å². The lowest BCUT2D eigenvalue weighted by molar-refractivity contribution is 0.274. The molecular weight excluding hydrogens is 380 g/mol. The molecule has 0 spiro atoms. The number of nitrogens with zero attached hydrogens (tertiary/aromatic N) is 2. The van der Waals surface area contributed by atoms with Crippen LogP contribution in [0, 0.1) is 0 Å². The average molecular weight is 397 g/mol. The largest absolute Gasteiger partial charge is 0.243 e. The van der Waals surface area contributed by atoms with Crippen molar-refractivity contribution in [2.45, 2.75) is 10.2 Å². The number of halogens is 1. The highest BCUT2D eigenvalue weighted by Crippen LogP contribution is 2.19. The van der Waals surface area contributed by atoms with Crippen molar-refractivity contribution in [3.63, 3.8) is 0 Å². The summed E-state index contributed by atoms with van der Waals surface area (Å²) in [4.78, 5) is 0.236. The third kappa shape index (κ3) is 3.84. The molecule has 118 valence electrons. The van der Waals surface area contributed by atoms with Crippen molar-refractivity contribution in [3.8, 4) is 0 Å². The van der Waals surface area contributed by atoms with Gasteiger partial charge in [0.2, 0.25) is 20.0 Å². The van der Waals surface area contributed by atoms with Gasteiger partial charge in [0.1, 0.15) is 0 Å². The minimum atomic E-state index is -3.56. The predicted octanol–water partition coefficient (Wildman–Crippen LogP) is 0.847. The van der Waals surface area contributed by atoms with E-state index in [1.807, 2.05) is 0 Å². The first kappa shape index (κ1) is 16.9. The van der Waals surface area contributed by atoms with Crippen LogP contribution in [0.4, 0.5) is 0 Å². The molecule has 1 aliphatic heterocycles. The van der Waals surface area contributed by atoms with E-state index in [0.29, 0.717) is 5.33 Å². The lowest BCUT2D eigenvalue weighted by Gasteiger charge is -2.32. The van der Waals surface area contributed by atoms with Gasteiger partial charge in [-0.2, -0.15) is 8.61 Å². The maximum absolute atomic E-state index is 12.5. The molecule has 1 aliphatic rings. The second kappa shape index (κ2) is 6.33. The van der Waals surface area contributed by atoms with E-state index in [4.69, 9.17) is 0 Å². The zero-order valence-corrected chi connectivity index (χ0v) is 14.8. The van der Waals surface area contributed by atoms with Crippen LogP contribution in [0.3, 0.4) is 0 Å². The summed E-state index contributed by atoms with van der Waals surface area (Å²) < 4.78 is 50.5. The van der Waals surface area contributed by atoms with Crippen molar-refractivity contribution in [1.29, 1.82) is 0 Å². The fourth-order valence-electron chi connectivity index (χ4n) is 2.14. The second-order valence-corrected chi connectivity index (χ2v) is 9.32. The van der Waals surface area contributed by atoms with Crippen LogP contribution >= 0.6 is 15.9 Å². The topological polar surface area (TPSA) is 74.8 Å². The van der Waals surface area contributed by atoms with Crippen molar-refractivity contribution in [2.75, 3.05) is 32.4 Å². The van der Waals surface area contributed by atoms with Crippen LogP contribution in [0.5, 0.6) is 0 Å². The zero-order chi connectivity index (χ0) is 15.7. The van der Waals surface area contributed by atoms with E-state index in [9.17, 15) is 16.8 Å². The third-order valence-electron chi connectivity index (χ3n) is 3.38. The molecule has 1 aromatic carbocycles. The number of sulfonamides is 2. The Balaban J connectivity index is 2.14. The Hall–Kier alpha value is -0.480. The van der Waals surface area contributed by atoms with E-state index < -0.39 is 20.0 Å². The number of rotatable bonds is 4. The highest BCUT2D eigenvalue weighted by atomic mass is 79.9. The molecule has 0 radical (unpaired) electrons. The Morgan fingerprint density at radius 2 is 1.43 bits per heavy atom. The van der Waals surface area contributed by atoms with Crippen molar-refractivity contribution >= 4 is 36.0 Å². The molecule has 21 heavy (non-hydrogen) atoms. The van der Waals surface area contributed by atoms with Gasteiger partial charge in [-0.3, -0.25) is 0 Å². The number of hydrogen-bond donors (Lipinski definition) is 0. The molecule has 1 aromatic rings. The molecule has 0 aliphatic carbocycles. The van der Waals surface area contributed by atoms with Crippen molar-refractivity contribution in [1.82, 2.24) is 8.61 Å². The molecule has 0 N–H and O–H groups in total. The van der Waals surface area contributed by atoms with Gasteiger partial charge in [0, 0.05) is 31.5 Å². The molecular formula is C12H17BrN2O4S2. The van der Waals surface area contributed by atoms with Crippen molar-refractivity contribution < 1.29 is 16.8 Å². The van der Waals surface area contributed by atoms with Gasteiger partial charge in [-0.1, -0.05) is 28.1 Å². The van der Waals surface area contributed by atoms with Crippen LogP contribution in [0.15, 0.2) is 29.2 Å². The summed E-state index contributed by atoms with van der Waals surface area (Å²) in [5.41, 5.74) is 0.996. The highest BCUT2D eigenvalue weighted by Gasteiger charge is 2.31. The lowest BCUT2D eigenvalue weighted by atomic mass is 10.2. The Morgan fingerprint density at radius 3 is 1.86 bits per heavy atom. The number of benzene rings is 1. The van der Waals surface area contributed by atoms with Crippen LogP contribution in [-0.4, -0.2) is 57.9 Å². The Bertz CT molecular complexity index is 693. The molecule has 9 heteroatoms. The van der Waals surface area contributed by atoms with E-state index in [0.717, 1.165) is 11.8 Å². The van der Waals surface area contributed by atoms with Gasteiger partial charge in [0.05, 0.1) is 11.2 Å². The number of hydrogen-bond acceptors (Lipinski definition) is 4. The first-order chi connectivity index (χ1) is 9.75. The summed E-state index contributed by atoms with van der Waals surface area (Å²) in [7, 11) is -6.82. The van der Waals surface area contributed by atoms with Crippen LogP contribution < -0.4 is 0 Å². The SMILES string of the molecule is CS(=O)(=O)N1CCN(S(=O)(=O)c2ccc(CBr)cc2)CC1. The molecule has 0 aromatic heterocycles. The summed E-state index contributed by atoms with van der Waals surface area (Å²) >= 11 is 3.31. The van der Waals surface area contributed by atoms with Gasteiger partial charge in [-0.05, 0) is 17.7 Å². The van der Waals surface area contributed by atoms with Crippen LogP contribution in [0.25, 0.3) is 0 Å². The Labute approximate surface area is 134 Å². The van der Waals surface area contributed by atoms with Gasteiger partial charge in [0.15, 0.2) is 0 Å². The van der Waals surface area contributed by atoms with Gasteiger partial charge >= 0.3 is 0 Å². The number of piperazine rings is 1. The maximum atomic E-state index is 12.5. The monoisotopic (exact) mass is 396 g/mol. The van der Waals surface area contributed by atoms with Gasteiger partial charge in [0.25, 0.3) is 0 Å². The van der Waals surface area contributed by atoms with E-state index in [-0.39, 0.29) is 31.1 Å². The van der Waals surface area contributed by atoms with Gasteiger partial charge in [-0.15, -0.1) is 0 Å². The molecule has 0 amide bonds. The third-order valence-corrected chi connectivity index (χ3v) is 7.25. The van der Waals surface area contributed by atoms with E-state index in [1.54, 1.807) is 24.3 Å². The molecule has 6 nitrogen and oxygen atoms in total. The average Bonchev–Trinajstić information content (AvgIpc) is 2.46. The van der Waals surface area contributed by atoms with Crippen molar-refractivity contribution in [2.24, 2.45) is 0 Å². The maximum Gasteiger partial charge on any atom is 0.243 e. The summed E-state index contributed by atoms with van der Waals surface area (Å²) in [6.45, 7) is 0.736. The summed E-state index contributed by atoms with van der Waals surface area (Å²) in [6, 6.07) is 6.67. The Kier molecular flexibility index (Phi) is 5.09. The van der Waals surface area contributed by atoms with Gasteiger partial charge in [-0.25, -0.2) is 16.8 Å². The zero-order valence-electron chi connectivity index (χ0n) is 11.6.